The first-order chi connectivity index (χ1) is 13.1. The van der Waals surface area contributed by atoms with Crippen LogP contribution in [0.3, 0.4) is 0 Å². The molecule has 4 aliphatic carbocycles. The Hall–Kier alpha value is -1.88. The Morgan fingerprint density at radius 1 is 1.26 bits per heavy atom. The SMILES string of the molecule is CNC(=O)C1C2CC3CC1CC(c1ccc(OCC(=CF)CN)cc1)(C3)C2. The lowest BCUT2D eigenvalue weighted by Gasteiger charge is -2.59. The molecule has 2 atom stereocenters. The lowest BCUT2D eigenvalue weighted by atomic mass is 9.44. The Kier molecular flexibility index (Phi) is 4.97. The van der Waals surface area contributed by atoms with Crippen molar-refractivity contribution in [2.24, 2.45) is 29.4 Å². The van der Waals surface area contributed by atoms with E-state index in [2.05, 4.69) is 17.4 Å². The summed E-state index contributed by atoms with van der Waals surface area (Å²) >= 11 is 0. The number of carbonyl (C=O) groups excluding carboxylic acids is 1. The minimum atomic E-state index is 0.161. The molecular weight excluding hydrogens is 343 g/mol. The summed E-state index contributed by atoms with van der Waals surface area (Å²) in [5, 5.41) is 2.89. The van der Waals surface area contributed by atoms with E-state index < -0.39 is 0 Å². The fourth-order valence-corrected chi connectivity index (χ4v) is 6.19. The maximum absolute atomic E-state index is 12.6. The molecule has 4 fully saturated rings. The zero-order valence-electron chi connectivity index (χ0n) is 15.9. The van der Waals surface area contributed by atoms with E-state index >= 15 is 0 Å². The van der Waals surface area contributed by atoms with Gasteiger partial charge in [-0.15, -0.1) is 0 Å². The molecule has 4 aliphatic rings. The molecule has 1 aromatic carbocycles. The molecule has 4 nitrogen and oxygen atoms in total. The van der Waals surface area contributed by atoms with Gasteiger partial charge in [-0.25, -0.2) is 4.39 Å². The fraction of sp³-hybridized carbons (Fsp3) is 0.591. The van der Waals surface area contributed by atoms with Crippen molar-refractivity contribution in [1.29, 1.82) is 0 Å². The summed E-state index contributed by atoms with van der Waals surface area (Å²) in [6.07, 6.45) is 6.39. The average Bonchev–Trinajstić information content (AvgIpc) is 2.68. The average molecular weight is 372 g/mol. The van der Waals surface area contributed by atoms with E-state index in [-0.39, 0.29) is 30.4 Å². The highest BCUT2D eigenvalue weighted by molar-refractivity contribution is 5.79. The quantitative estimate of drug-likeness (QED) is 0.805. The monoisotopic (exact) mass is 372 g/mol. The summed E-state index contributed by atoms with van der Waals surface area (Å²) < 4.78 is 18.3. The summed E-state index contributed by atoms with van der Waals surface area (Å²) in [6.45, 7) is 0.339. The molecule has 0 heterocycles. The van der Waals surface area contributed by atoms with Crippen LogP contribution in [0.1, 0.15) is 37.7 Å². The van der Waals surface area contributed by atoms with Crippen molar-refractivity contribution in [3.05, 3.63) is 41.7 Å². The highest BCUT2D eigenvalue weighted by Crippen LogP contribution is 2.62. The van der Waals surface area contributed by atoms with E-state index in [0.29, 0.717) is 23.7 Å². The second-order valence-corrected chi connectivity index (χ2v) is 8.67. The Balaban J connectivity index is 1.50. The van der Waals surface area contributed by atoms with Crippen molar-refractivity contribution in [2.75, 3.05) is 20.2 Å². The van der Waals surface area contributed by atoms with Crippen LogP contribution in [-0.2, 0) is 10.2 Å². The fourth-order valence-electron chi connectivity index (χ4n) is 6.19. The van der Waals surface area contributed by atoms with E-state index in [0.717, 1.165) is 24.5 Å². The number of carbonyl (C=O) groups is 1. The molecule has 1 aromatic rings. The molecule has 0 radical (unpaired) electrons. The van der Waals surface area contributed by atoms with Gasteiger partial charge in [0, 0.05) is 25.1 Å². The largest absolute Gasteiger partial charge is 0.489 e. The van der Waals surface area contributed by atoms with Gasteiger partial charge in [-0.1, -0.05) is 12.1 Å². The van der Waals surface area contributed by atoms with Gasteiger partial charge < -0.3 is 15.8 Å². The van der Waals surface area contributed by atoms with E-state index in [1.165, 1.54) is 24.8 Å². The minimum absolute atomic E-state index is 0.161. The van der Waals surface area contributed by atoms with Gasteiger partial charge in [0.15, 0.2) is 0 Å². The third kappa shape index (κ3) is 3.27. The molecule has 146 valence electrons. The van der Waals surface area contributed by atoms with Gasteiger partial charge in [0.1, 0.15) is 12.4 Å². The zero-order valence-corrected chi connectivity index (χ0v) is 15.9. The molecule has 0 aromatic heterocycles. The molecule has 0 saturated heterocycles. The smallest absolute Gasteiger partial charge is 0.223 e. The highest BCUT2D eigenvalue weighted by Gasteiger charge is 2.57. The number of nitrogens with one attached hydrogen (secondary N) is 1. The number of amides is 1. The van der Waals surface area contributed by atoms with E-state index in [4.69, 9.17) is 10.5 Å². The van der Waals surface area contributed by atoms with Crippen molar-refractivity contribution in [3.8, 4) is 5.75 Å². The standard InChI is InChI=1S/C22H29FN2O2/c1-25-21(26)20-16-6-14-7-17(20)10-22(8-14,9-16)18-2-4-19(5-3-18)27-13-15(11-23)12-24/h2-5,11,14,16-17,20H,6-10,12-13,24H2,1H3,(H,25,26). The van der Waals surface area contributed by atoms with Gasteiger partial charge in [-0.3, -0.25) is 4.79 Å². The second kappa shape index (κ2) is 7.27. The van der Waals surface area contributed by atoms with Gasteiger partial charge in [-0.2, -0.15) is 0 Å². The second-order valence-electron chi connectivity index (χ2n) is 8.67. The van der Waals surface area contributed by atoms with Crippen molar-refractivity contribution in [3.63, 3.8) is 0 Å². The predicted octanol–water partition coefficient (Wildman–Crippen LogP) is 3.32. The third-order valence-electron chi connectivity index (χ3n) is 7.13. The molecule has 4 bridgehead atoms. The van der Waals surface area contributed by atoms with E-state index in [1.54, 1.807) is 7.05 Å². The van der Waals surface area contributed by atoms with E-state index in [9.17, 15) is 9.18 Å². The summed E-state index contributed by atoms with van der Waals surface area (Å²) in [7, 11) is 1.76. The zero-order chi connectivity index (χ0) is 19.0. The van der Waals surface area contributed by atoms with Crippen LogP contribution in [0.2, 0.25) is 0 Å². The molecule has 1 amide bonds. The van der Waals surface area contributed by atoms with Crippen LogP contribution in [0.25, 0.3) is 0 Å². The molecule has 0 spiro atoms. The molecule has 5 heteroatoms. The molecule has 0 aliphatic heterocycles. The molecular formula is C22H29FN2O2. The number of rotatable bonds is 6. The summed E-state index contributed by atoms with van der Waals surface area (Å²) in [4.78, 5) is 12.4. The van der Waals surface area contributed by atoms with E-state index in [1.807, 2.05) is 12.1 Å². The van der Waals surface area contributed by atoms with Crippen LogP contribution in [0.5, 0.6) is 5.75 Å². The van der Waals surface area contributed by atoms with Gasteiger partial charge >= 0.3 is 0 Å². The first kappa shape index (κ1) is 18.5. The Labute approximate surface area is 160 Å². The number of halogens is 1. The highest BCUT2D eigenvalue weighted by atomic mass is 19.1. The van der Waals surface area contributed by atoms with Crippen LogP contribution in [-0.4, -0.2) is 26.1 Å². The maximum Gasteiger partial charge on any atom is 0.223 e. The Morgan fingerprint density at radius 3 is 2.48 bits per heavy atom. The predicted molar refractivity (Wildman–Crippen MR) is 103 cm³/mol. The number of benzene rings is 1. The minimum Gasteiger partial charge on any atom is -0.489 e. The molecule has 4 saturated carbocycles. The number of ether oxygens (including phenoxy) is 1. The van der Waals surface area contributed by atoms with Gasteiger partial charge in [0.2, 0.25) is 5.91 Å². The lowest BCUT2D eigenvalue weighted by Crippen LogP contribution is -2.56. The molecule has 3 N–H and O–H groups in total. The van der Waals surface area contributed by atoms with Gasteiger partial charge in [-0.05, 0) is 73.0 Å². The summed E-state index contributed by atoms with van der Waals surface area (Å²) in [5.41, 5.74) is 7.49. The van der Waals surface area contributed by atoms with Crippen molar-refractivity contribution in [1.82, 2.24) is 5.32 Å². The lowest BCUT2D eigenvalue weighted by molar-refractivity contribution is -0.139. The van der Waals surface area contributed by atoms with Crippen LogP contribution < -0.4 is 15.8 Å². The Bertz CT molecular complexity index is 714. The van der Waals surface area contributed by atoms with Gasteiger partial charge in [0.25, 0.3) is 0 Å². The first-order valence-electron chi connectivity index (χ1n) is 10.0. The summed E-state index contributed by atoms with van der Waals surface area (Å²) in [5.74, 6) is 2.94. The van der Waals surface area contributed by atoms with Crippen LogP contribution in [0.4, 0.5) is 4.39 Å². The molecule has 5 rings (SSSR count). The third-order valence-corrected chi connectivity index (χ3v) is 7.13. The van der Waals surface area contributed by atoms with Crippen LogP contribution in [0.15, 0.2) is 36.2 Å². The molecule has 27 heavy (non-hydrogen) atoms. The number of nitrogens with two attached hydrogens (primary N) is 1. The van der Waals surface area contributed by atoms with Gasteiger partial charge in [0.05, 0.1) is 6.33 Å². The summed E-state index contributed by atoms with van der Waals surface area (Å²) in [6, 6.07) is 8.30. The first-order valence-corrected chi connectivity index (χ1v) is 10.0. The number of hydrogen-bond donors (Lipinski definition) is 2. The maximum atomic E-state index is 12.6. The van der Waals surface area contributed by atoms with Crippen LogP contribution >= 0.6 is 0 Å². The van der Waals surface area contributed by atoms with Crippen molar-refractivity contribution >= 4 is 5.91 Å². The Morgan fingerprint density at radius 2 is 1.93 bits per heavy atom. The normalized spacial score (nSPS) is 34.6. The topological polar surface area (TPSA) is 64.3 Å². The van der Waals surface area contributed by atoms with Crippen LogP contribution in [0, 0.1) is 23.7 Å². The van der Waals surface area contributed by atoms with Crippen molar-refractivity contribution < 1.29 is 13.9 Å². The van der Waals surface area contributed by atoms with Crippen molar-refractivity contribution in [2.45, 2.75) is 37.5 Å². The molecule has 2 unspecified atom stereocenters. The number of hydrogen-bond acceptors (Lipinski definition) is 3.